The Labute approximate surface area is 105 Å². The van der Waals surface area contributed by atoms with Gasteiger partial charge in [0.15, 0.2) is 5.82 Å². The summed E-state index contributed by atoms with van der Waals surface area (Å²) in [5.41, 5.74) is 2.59. The van der Waals surface area contributed by atoms with Crippen molar-refractivity contribution in [3.63, 3.8) is 0 Å². The fraction of sp³-hybridized carbons (Fsp3) is 0.143. The summed E-state index contributed by atoms with van der Waals surface area (Å²) in [6.45, 7) is 1.93. The predicted octanol–water partition coefficient (Wildman–Crippen LogP) is 2.50. The maximum atomic E-state index is 12.0. The molecule has 1 unspecified atom stereocenters. The summed E-state index contributed by atoms with van der Waals surface area (Å²) < 4.78 is 0. The van der Waals surface area contributed by atoms with Crippen molar-refractivity contribution in [2.75, 3.05) is 10.6 Å². The summed E-state index contributed by atoms with van der Waals surface area (Å²) in [6, 6.07) is 13.0. The van der Waals surface area contributed by atoms with E-state index in [0.717, 1.165) is 22.8 Å². The number of nitrogens with zero attached hydrogens (tertiary/aromatic N) is 1. The first-order valence-electron chi connectivity index (χ1n) is 5.84. The predicted molar refractivity (Wildman–Crippen MR) is 70.4 cm³/mol. The van der Waals surface area contributed by atoms with Gasteiger partial charge in [-0.2, -0.15) is 0 Å². The van der Waals surface area contributed by atoms with E-state index in [0.29, 0.717) is 0 Å². The number of carbonyl (C=O) groups excluding carboxylic acids is 1. The Kier molecular flexibility index (Phi) is 2.48. The molecular weight excluding hydrogens is 226 g/mol. The van der Waals surface area contributed by atoms with Gasteiger partial charge in [0.2, 0.25) is 0 Å². The topological polar surface area (TPSA) is 54.0 Å². The SMILES string of the molecule is Cc1ccc2c(n1)NC(c1ccccc1)C(=O)N2. The molecule has 4 heteroatoms. The fourth-order valence-electron chi connectivity index (χ4n) is 2.05. The van der Waals surface area contributed by atoms with Crippen LogP contribution in [0.4, 0.5) is 11.5 Å². The second-order valence-corrected chi connectivity index (χ2v) is 4.33. The van der Waals surface area contributed by atoms with Crippen molar-refractivity contribution in [1.29, 1.82) is 0 Å². The summed E-state index contributed by atoms with van der Waals surface area (Å²) in [5, 5.41) is 6.05. The summed E-state index contributed by atoms with van der Waals surface area (Å²) in [7, 11) is 0. The highest BCUT2D eigenvalue weighted by Gasteiger charge is 2.27. The summed E-state index contributed by atoms with van der Waals surface area (Å²) >= 11 is 0. The quantitative estimate of drug-likeness (QED) is 0.804. The molecule has 1 aliphatic rings. The van der Waals surface area contributed by atoms with E-state index in [1.165, 1.54) is 0 Å². The zero-order valence-electron chi connectivity index (χ0n) is 9.97. The van der Waals surface area contributed by atoms with Crippen molar-refractivity contribution in [3.8, 4) is 0 Å². The first-order chi connectivity index (χ1) is 8.74. The van der Waals surface area contributed by atoms with Crippen LogP contribution < -0.4 is 10.6 Å². The maximum Gasteiger partial charge on any atom is 0.251 e. The molecule has 0 bridgehead atoms. The van der Waals surface area contributed by atoms with E-state index in [9.17, 15) is 4.79 Å². The largest absolute Gasteiger partial charge is 0.353 e. The van der Waals surface area contributed by atoms with Crippen LogP contribution in [0.3, 0.4) is 0 Å². The molecule has 0 saturated heterocycles. The van der Waals surface area contributed by atoms with Gasteiger partial charge in [0.1, 0.15) is 6.04 Å². The molecule has 0 fully saturated rings. The van der Waals surface area contributed by atoms with Crippen molar-refractivity contribution in [1.82, 2.24) is 4.98 Å². The van der Waals surface area contributed by atoms with E-state index >= 15 is 0 Å². The average molecular weight is 239 g/mol. The Morgan fingerprint density at radius 2 is 1.89 bits per heavy atom. The van der Waals surface area contributed by atoms with Crippen LogP contribution in [0.25, 0.3) is 0 Å². The number of carbonyl (C=O) groups is 1. The Hall–Kier alpha value is -2.36. The van der Waals surface area contributed by atoms with Crippen LogP contribution in [-0.2, 0) is 4.79 Å². The molecule has 2 aromatic rings. The Balaban J connectivity index is 1.99. The molecule has 4 nitrogen and oxygen atoms in total. The molecule has 0 radical (unpaired) electrons. The van der Waals surface area contributed by atoms with Crippen molar-refractivity contribution < 1.29 is 4.79 Å². The van der Waals surface area contributed by atoms with Crippen LogP contribution in [0, 0.1) is 6.92 Å². The van der Waals surface area contributed by atoms with Crippen LogP contribution in [0.5, 0.6) is 0 Å². The van der Waals surface area contributed by atoms with E-state index in [-0.39, 0.29) is 11.9 Å². The normalized spacial score (nSPS) is 17.6. The highest BCUT2D eigenvalue weighted by atomic mass is 16.2. The van der Waals surface area contributed by atoms with Crippen LogP contribution in [0.2, 0.25) is 0 Å². The number of benzene rings is 1. The molecule has 1 aliphatic heterocycles. The summed E-state index contributed by atoms with van der Waals surface area (Å²) in [4.78, 5) is 16.4. The van der Waals surface area contributed by atoms with E-state index in [1.807, 2.05) is 49.4 Å². The molecule has 1 aromatic heterocycles. The highest BCUT2D eigenvalue weighted by Crippen LogP contribution is 2.30. The zero-order valence-corrected chi connectivity index (χ0v) is 9.97. The molecule has 90 valence electrons. The second kappa shape index (κ2) is 4.14. The minimum atomic E-state index is -0.381. The molecular formula is C14H13N3O. The molecule has 1 atom stereocenters. The summed E-state index contributed by atoms with van der Waals surface area (Å²) in [6.07, 6.45) is 0. The maximum absolute atomic E-state index is 12.0. The molecule has 1 amide bonds. The lowest BCUT2D eigenvalue weighted by atomic mass is 10.0. The van der Waals surface area contributed by atoms with Gasteiger partial charge < -0.3 is 10.6 Å². The van der Waals surface area contributed by atoms with Gasteiger partial charge in [0.05, 0.1) is 5.69 Å². The Morgan fingerprint density at radius 1 is 1.11 bits per heavy atom. The molecule has 3 rings (SSSR count). The van der Waals surface area contributed by atoms with Gasteiger partial charge in [0.25, 0.3) is 5.91 Å². The number of anilines is 2. The Bertz CT molecular complexity index is 595. The first-order valence-corrected chi connectivity index (χ1v) is 5.84. The van der Waals surface area contributed by atoms with Crippen LogP contribution in [-0.4, -0.2) is 10.9 Å². The highest BCUT2D eigenvalue weighted by molar-refractivity contribution is 6.02. The molecule has 0 saturated carbocycles. The fourth-order valence-corrected chi connectivity index (χ4v) is 2.05. The van der Waals surface area contributed by atoms with Gasteiger partial charge in [-0.15, -0.1) is 0 Å². The van der Waals surface area contributed by atoms with Gasteiger partial charge in [-0.05, 0) is 24.6 Å². The van der Waals surface area contributed by atoms with E-state index < -0.39 is 0 Å². The van der Waals surface area contributed by atoms with Crippen LogP contribution >= 0.6 is 0 Å². The minimum Gasteiger partial charge on any atom is -0.353 e. The number of hydrogen-bond donors (Lipinski definition) is 2. The standard InChI is InChI=1S/C14H13N3O/c1-9-7-8-11-13(15-9)17-12(14(18)16-11)10-5-3-2-4-6-10/h2-8,12H,1H3,(H,15,17)(H,16,18). The molecule has 2 N–H and O–H groups in total. The van der Waals surface area contributed by atoms with Crippen molar-refractivity contribution in [2.24, 2.45) is 0 Å². The van der Waals surface area contributed by atoms with E-state index in [2.05, 4.69) is 15.6 Å². The van der Waals surface area contributed by atoms with Gasteiger partial charge in [-0.25, -0.2) is 4.98 Å². The Morgan fingerprint density at radius 3 is 2.67 bits per heavy atom. The van der Waals surface area contributed by atoms with Gasteiger partial charge in [0, 0.05) is 5.69 Å². The van der Waals surface area contributed by atoms with Gasteiger partial charge >= 0.3 is 0 Å². The number of fused-ring (bicyclic) bond motifs is 1. The smallest absolute Gasteiger partial charge is 0.251 e. The van der Waals surface area contributed by atoms with E-state index in [4.69, 9.17) is 0 Å². The van der Waals surface area contributed by atoms with E-state index in [1.54, 1.807) is 0 Å². The van der Waals surface area contributed by atoms with Crippen molar-refractivity contribution in [2.45, 2.75) is 13.0 Å². The lowest BCUT2D eigenvalue weighted by molar-refractivity contribution is -0.117. The van der Waals surface area contributed by atoms with Crippen LogP contribution in [0.15, 0.2) is 42.5 Å². The number of nitrogens with one attached hydrogen (secondary N) is 2. The third-order valence-electron chi connectivity index (χ3n) is 2.97. The minimum absolute atomic E-state index is 0.0562. The molecule has 2 heterocycles. The molecule has 0 aliphatic carbocycles. The van der Waals surface area contributed by atoms with Crippen molar-refractivity contribution in [3.05, 3.63) is 53.7 Å². The number of pyridine rings is 1. The molecule has 18 heavy (non-hydrogen) atoms. The molecule has 1 aromatic carbocycles. The van der Waals surface area contributed by atoms with Crippen LogP contribution in [0.1, 0.15) is 17.3 Å². The third-order valence-corrected chi connectivity index (χ3v) is 2.97. The zero-order chi connectivity index (χ0) is 12.5. The number of rotatable bonds is 1. The number of amides is 1. The first kappa shape index (κ1) is 10.8. The van der Waals surface area contributed by atoms with Gasteiger partial charge in [-0.3, -0.25) is 4.79 Å². The average Bonchev–Trinajstić information content (AvgIpc) is 2.39. The van der Waals surface area contributed by atoms with Crippen molar-refractivity contribution >= 4 is 17.4 Å². The lowest BCUT2D eigenvalue weighted by Crippen LogP contribution is -2.32. The monoisotopic (exact) mass is 239 g/mol. The lowest BCUT2D eigenvalue weighted by Gasteiger charge is -2.26. The molecule has 0 spiro atoms. The second-order valence-electron chi connectivity index (χ2n) is 4.33. The summed E-state index contributed by atoms with van der Waals surface area (Å²) in [5.74, 6) is 0.669. The van der Waals surface area contributed by atoms with Gasteiger partial charge in [-0.1, -0.05) is 30.3 Å². The number of aromatic nitrogens is 1. The number of hydrogen-bond acceptors (Lipinski definition) is 3. The third kappa shape index (κ3) is 1.82. The number of aryl methyl sites for hydroxylation is 1.